The lowest BCUT2D eigenvalue weighted by Gasteiger charge is -2.39. The molecule has 0 spiro atoms. The second-order valence-electron chi connectivity index (χ2n) is 7.82. The maximum atomic E-state index is 6.12. The van der Waals surface area contributed by atoms with Crippen molar-refractivity contribution in [1.29, 1.82) is 0 Å². The number of halogens is 1. The van der Waals surface area contributed by atoms with Crippen molar-refractivity contribution in [3.8, 4) is 0 Å². The molecule has 0 unspecified atom stereocenters. The predicted molar refractivity (Wildman–Crippen MR) is 119 cm³/mol. The van der Waals surface area contributed by atoms with Gasteiger partial charge < -0.3 is 19.7 Å². The van der Waals surface area contributed by atoms with E-state index in [2.05, 4.69) is 42.2 Å². The molecule has 0 aromatic heterocycles. The summed E-state index contributed by atoms with van der Waals surface area (Å²) >= 11 is 1.96. The number of hydrogen-bond donors (Lipinski definition) is 1. The number of guanidine groups is 1. The van der Waals surface area contributed by atoms with Gasteiger partial charge in [-0.1, -0.05) is 0 Å². The molecule has 0 aliphatic carbocycles. The van der Waals surface area contributed by atoms with Gasteiger partial charge in [0, 0.05) is 44.6 Å². The van der Waals surface area contributed by atoms with Crippen molar-refractivity contribution in [3.63, 3.8) is 0 Å². The van der Waals surface area contributed by atoms with E-state index in [1.165, 1.54) is 0 Å². The first kappa shape index (κ1) is 23.3. The molecule has 0 aromatic rings. The summed E-state index contributed by atoms with van der Waals surface area (Å²) in [6, 6.07) is 0. The highest BCUT2D eigenvalue weighted by Gasteiger charge is 2.33. The lowest BCUT2D eigenvalue weighted by molar-refractivity contribution is -0.0773. The standard InChI is InChI=1S/C18H35N3O2S.HI/c1-17(2,3)23-15-6-10-21(11-7-15)16(19-4)20-14-18(24-5)8-12-22-13-9-18;/h15H,6-14H2,1-5H3,(H,19,20);1H. The summed E-state index contributed by atoms with van der Waals surface area (Å²) in [5, 5.41) is 3.62. The summed E-state index contributed by atoms with van der Waals surface area (Å²) in [7, 11) is 1.88. The van der Waals surface area contributed by atoms with Gasteiger partial charge in [-0.3, -0.25) is 4.99 Å². The second-order valence-corrected chi connectivity index (χ2v) is 9.09. The van der Waals surface area contributed by atoms with E-state index < -0.39 is 0 Å². The van der Waals surface area contributed by atoms with Crippen molar-refractivity contribution >= 4 is 41.7 Å². The van der Waals surface area contributed by atoms with Crippen molar-refractivity contribution in [2.45, 2.75) is 62.9 Å². The van der Waals surface area contributed by atoms with Gasteiger partial charge in [-0.2, -0.15) is 11.8 Å². The largest absolute Gasteiger partial charge is 0.381 e. The van der Waals surface area contributed by atoms with Crippen LogP contribution in [-0.4, -0.2) is 73.5 Å². The Labute approximate surface area is 175 Å². The molecule has 0 amide bonds. The van der Waals surface area contributed by atoms with Crippen LogP contribution < -0.4 is 5.32 Å². The Morgan fingerprint density at radius 2 is 1.88 bits per heavy atom. The molecule has 2 fully saturated rings. The molecule has 5 nitrogen and oxygen atoms in total. The van der Waals surface area contributed by atoms with Gasteiger partial charge in [-0.15, -0.1) is 24.0 Å². The van der Waals surface area contributed by atoms with Gasteiger partial charge in [0.1, 0.15) is 0 Å². The van der Waals surface area contributed by atoms with Crippen LogP contribution in [0.4, 0.5) is 0 Å². The number of nitrogens with zero attached hydrogens (tertiary/aromatic N) is 2. The molecule has 0 saturated carbocycles. The van der Waals surface area contributed by atoms with Crippen molar-refractivity contribution in [1.82, 2.24) is 10.2 Å². The number of likely N-dealkylation sites (tertiary alicyclic amines) is 1. The fourth-order valence-electron chi connectivity index (χ4n) is 3.45. The number of ether oxygens (including phenoxy) is 2. The minimum atomic E-state index is -0.0550. The maximum absolute atomic E-state index is 6.12. The molecule has 0 aromatic carbocycles. The minimum Gasteiger partial charge on any atom is -0.381 e. The molecular formula is C18H36IN3O2S. The molecule has 2 saturated heterocycles. The highest BCUT2D eigenvalue weighted by molar-refractivity contribution is 14.0. The lowest BCUT2D eigenvalue weighted by atomic mass is 9.99. The fraction of sp³-hybridized carbons (Fsp3) is 0.944. The normalized spacial score (nSPS) is 22.4. The molecule has 0 radical (unpaired) electrons. The first-order valence-electron chi connectivity index (χ1n) is 9.14. The smallest absolute Gasteiger partial charge is 0.193 e. The summed E-state index contributed by atoms with van der Waals surface area (Å²) in [6.07, 6.45) is 6.94. The number of rotatable bonds is 4. The first-order chi connectivity index (χ1) is 11.4. The number of piperidine rings is 1. The first-order valence-corrected chi connectivity index (χ1v) is 10.4. The summed E-state index contributed by atoms with van der Waals surface area (Å²) in [6.45, 7) is 11.1. The Balaban J connectivity index is 0.00000312. The Kier molecular flexibility index (Phi) is 9.85. The van der Waals surface area contributed by atoms with E-state index in [0.717, 1.165) is 64.5 Å². The van der Waals surface area contributed by atoms with Crippen LogP contribution in [0.3, 0.4) is 0 Å². The second kappa shape index (κ2) is 10.6. The molecule has 0 atom stereocenters. The van der Waals surface area contributed by atoms with Gasteiger partial charge in [0.15, 0.2) is 5.96 Å². The zero-order valence-corrected chi connectivity index (χ0v) is 19.6. The van der Waals surface area contributed by atoms with Gasteiger partial charge in [0.25, 0.3) is 0 Å². The topological polar surface area (TPSA) is 46.1 Å². The number of nitrogens with one attached hydrogen (secondary N) is 1. The third kappa shape index (κ3) is 7.42. The van der Waals surface area contributed by atoms with Crippen LogP contribution in [-0.2, 0) is 9.47 Å². The quantitative estimate of drug-likeness (QED) is 0.376. The lowest BCUT2D eigenvalue weighted by Crippen LogP contribution is -2.52. The summed E-state index contributed by atoms with van der Waals surface area (Å²) in [5.41, 5.74) is -0.0550. The van der Waals surface area contributed by atoms with Crippen LogP contribution in [0.5, 0.6) is 0 Å². The van der Waals surface area contributed by atoms with E-state index >= 15 is 0 Å². The molecule has 1 N–H and O–H groups in total. The molecule has 0 bridgehead atoms. The Bertz CT molecular complexity index is 415. The minimum absolute atomic E-state index is 0. The Morgan fingerprint density at radius 3 is 2.36 bits per heavy atom. The van der Waals surface area contributed by atoms with Crippen LogP contribution in [0.2, 0.25) is 0 Å². The summed E-state index contributed by atoms with van der Waals surface area (Å²) in [5.74, 6) is 1.03. The SMILES string of the molecule is CN=C(NCC1(SC)CCOCC1)N1CCC(OC(C)(C)C)CC1.I. The van der Waals surface area contributed by atoms with E-state index in [1.54, 1.807) is 0 Å². The van der Waals surface area contributed by atoms with Gasteiger partial charge >= 0.3 is 0 Å². The van der Waals surface area contributed by atoms with Gasteiger partial charge in [0.05, 0.1) is 11.7 Å². The number of hydrogen-bond acceptors (Lipinski definition) is 4. The molecule has 7 heteroatoms. The third-order valence-corrected chi connectivity index (χ3v) is 6.30. The highest BCUT2D eigenvalue weighted by Crippen LogP contribution is 2.33. The predicted octanol–water partition coefficient (Wildman–Crippen LogP) is 3.37. The molecule has 148 valence electrons. The van der Waals surface area contributed by atoms with Crippen LogP contribution in [0.1, 0.15) is 46.5 Å². The van der Waals surface area contributed by atoms with Crippen LogP contribution in [0, 0.1) is 0 Å². The molecule has 25 heavy (non-hydrogen) atoms. The highest BCUT2D eigenvalue weighted by atomic mass is 127. The monoisotopic (exact) mass is 485 g/mol. The van der Waals surface area contributed by atoms with Crippen molar-refractivity contribution in [3.05, 3.63) is 0 Å². The third-order valence-electron chi connectivity index (χ3n) is 4.88. The summed E-state index contributed by atoms with van der Waals surface area (Å²) in [4.78, 5) is 6.88. The van der Waals surface area contributed by atoms with E-state index in [4.69, 9.17) is 9.47 Å². The summed E-state index contributed by atoms with van der Waals surface area (Å²) < 4.78 is 11.9. The van der Waals surface area contributed by atoms with Crippen molar-refractivity contribution in [2.24, 2.45) is 4.99 Å². The molecule has 2 rings (SSSR count). The fourth-order valence-corrected chi connectivity index (χ4v) is 4.25. The van der Waals surface area contributed by atoms with Crippen LogP contribution in [0.25, 0.3) is 0 Å². The van der Waals surface area contributed by atoms with Crippen molar-refractivity contribution < 1.29 is 9.47 Å². The molecule has 2 aliphatic rings. The number of thioether (sulfide) groups is 1. The van der Waals surface area contributed by atoms with Gasteiger partial charge in [0.2, 0.25) is 0 Å². The Morgan fingerprint density at radius 1 is 1.28 bits per heavy atom. The zero-order valence-electron chi connectivity index (χ0n) is 16.5. The molecular weight excluding hydrogens is 449 g/mol. The van der Waals surface area contributed by atoms with E-state index in [-0.39, 0.29) is 34.3 Å². The van der Waals surface area contributed by atoms with E-state index in [0.29, 0.717) is 6.10 Å². The van der Waals surface area contributed by atoms with Crippen LogP contribution >= 0.6 is 35.7 Å². The van der Waals surface area contributed by atoms with E-state index in [1.807, 2.05) is 18.8 Å². The Hall–Kier alpha value is 0.270. The maximum Gasteiger partial charge on any atom is 0.193 e. The van der Waals surface area contributed by atoms with E-state index in [9.17, 15) is 0 Å². The van der Waals surface area contributed by atoms with Gasteiger partial charge in [-0.25, -0.2) is 0 Å². The average Bonchev–Trinajstić information content (AvgIpc) is 2.56. The number of aliphatic imine (C=N–C) groups is 1. The van der Waals surface area contributed by atoms with Crippen molar-refractivity contribution in [2.75, 3.05) is 46.2 Å². The van der Waals surface area contributed by atoms with Gasteiger partial charge in [-0.05, 0) is 52.7 Å². The zero-order chi connectivity index (χ0) is 17.6. The molecule has 2 aliphatic heterocycles. The molecule has 2 heterocycles. The van der Waals surface area contributed by atoms with Crippen LogP contribution in [0.15, 0.2) is 4.99 Å². The average molecular weight is 485 g/mol.